The number of rotatable bonds is 7. The first-order valence-corrected chi connectivity index (χ1v) is 10.5. The molecule has 0 radical (unpaired) electrons. The van der Waals surface area contributed by atoms with Crippen molar-refractivity contribution in [1.29, 1.82) is 0 Å². The van der Waals surface area contributed by atoms with Crippen LogP contribution >= 0.6 is 23.1 Å². The molecular weight excluding hydrogens is 398 g/mol. The van der Waals surface area contributed by atoms with Crippen molar-refractivity contribution in [3.05, 3.63) is 46.2 Å². The highest BCUT2D eigenvalue weighted by atomic mass is 32.2. The molecule has 2 heterocycles. The zero-order chi connectivity index (χ0) is 19.9. The third-order valence-corrected chi connectivity index (χ3v) is 6.00. The van der Waals surface area contributed by atoms with E-state index in [4.69, 9.17) is 9.47 Å². The van der Waals surface area contributed by atoms with Gasteiger partial charge < -0.3 is 9.47 Å². The molecule has 1 aromatic carbocycles. The number of carbonyl (C=O) groups is 2. The molecule has 0 aliphatic carbocycles. The van der Waals surface area contributed by atoms with Crippen LogP contribution in [0.3, 0.4) is 0 Å². The highest BCUT2D eigenvalue weighted by Gasteiger charge is 2.25. The third kappa shape index (κ3) is 4.85. The Morgan fingerprint density at radius 2 is 2.07 bits per heavy atom. The zero-order valence-electron chi connectivity index (χ0n) is 15.6. The van der Waals surface area contributed by atoms with E-state index < -0.39 is 0 Å². The molecule has 148 valence electrons. The standard InChI is InChI=1S/C19H21N3O4S2/c1-25-14-6-5-13(12-15(14)26-2)7-9-22-17(23)8-11-28-19(22)21-20-18(24)16-4-3-10-27-16/h3-6,10,12H,7-9,11H2,1-2H3,(H,20,24). The van der Waals surface area contributed by atoms with Crippen molar-refractivity contribution >= 4 is 40.1 Å². The van der Waals surface area contributed by atoms with Gasteiger partial charge in [0.15, 0.2) is 16.7 Å². The van der Waals surface area contributed by atoms with Crippen LogP contribution in [0.4, 0.5) is 0 Å². The number of ether oxygens (including phenoxy) is 2. The number of hydrogen-bond donors (Lipinski definition) is 1. The smallest absolute Gasteiger partial charge is 0.281 e. The van der Waals surface area contributed by atoms with Gasteiger partial charge in [0.2, 0.25) is 5.91 Å². The van der Waals surface area contributed by atoms with Crippen molar-refractivity contribution in [1.82, 2.24) is 10.3 Å². The van der Waals surface area contributed by atoms with E-state index in [1.807, 2.05) is 23.6 Å². The van der Waals surface area contributed by atoms with Gasteiger partial charge >= 0.3 is 0 Å². The van der Waals surface area contributed by atoms with Crippen molar-refractivity contribution in [3.63, 3.8) is 0 Å². The molecule has 1 aliphatic heterocycles. The number of nitrogens with one attached hydrogen (secondary N) is 1. The molecule has 0 bridgehead atoms. The van der Waals surface area contributed by atoms with Gasteiger partial charge in [-0.15, -0.1) is 16.4 Å². The minimum Gasteiger partial charge on any atom is -0.493 e. The molecule has 0 unspecified atom stereocenters. The number of benzene rings is 1. The van der Waals surface area contributed by atoms with Gasteiger partial charge in [0.25, 0.3) is 5.91 Å². The van der Waals surface area contributed by atoms with Gasteiger partial charge in [-0.3, -0.25) is 14.5 Å². The number of nitrogens with zero attached hydrogens (tertiary/aromatic N) is 2. The summed E-state index contributed by atoms with van der Waals surface area (Å²) < 4.78 is 10.6. The average molecular weight is 420 g/mol. The summed E-state index contributed by atoms with van der Waals surface area (Å²) in [6.45, 7) is 0.467. The maximum Gasteiger partial charge on any atom is 0.281 e. The van der Waals surface area contributed by atoms with Crippen molar-refractivity contribution in [2.75, 3.05) is 26.5 Å². The first kappa shape index (κ1) is 20.2. The van der Waals surface area contributed by atoms with Gasteiger partial charge in [-0.1, -0.05) is 23.9 Å². The van der Waals surface area contributed by atoms with Crippen LogP contribution in [0.2, 0.25) is 0 Å². The lowest BCUT2D eigenvalue weighted by Crippen LogP contribution is -2.41. The number of hydrogen-bond acceptors (Lipinski definition) is 7. The van der Waals surface area contributed by atoms with E-state index in [2.05, 4.69) is 10.5 Å². The number of thiophene rings is 1. The highest BCUT2D eigenvalue weighted by Crippen LogP contribution is 2.28. The maximum absolute atomic E-state index is 12.4. The average Bonchev–Trinajstić information content (AvgIpc) is 3.26. The van der Waals surface area contributed by atoms with Gasteiger partial charge in [0, 0.05) is 18.7 Å². The van der Waals surface area contributed by atoms with E-state index in [1.165, 1.54) is 23.1 Å². The molecule has 0 atom stereocenters. The Labute approximate surface area is 171 Å². The second-order valence-corrected chi connectivity index (χ2v) is 7.91. The molecule has 1 N–H and O–H groups in total. The Hall–Kier alpha value is -2.52. The number of thioether (sulfide) groups is 1. The minimum atomic E-state index is -0.277. The Bertz CT molecular complexity index is 868. The normalized spacial score (nSPS) is 15.6. The van der Waals surface area contributed by atoms with Crippen molar-refractivity contribution in [3.8, 4) is 11.5 Å². The lowest BCUT2D eigenvalue weighted by Gasteiger charge is -2.27. The molecule has 1 aliphatic rings. The summed E-state index contributed by atoms with van der Waals surface area (Å²) in [7, 11) is 3.18. The van der Waals surface area contributed by atoms with Gasteiger partial charge in [-0.25, -0.2) is 5.43 Å². The molecule has 0 saturated carbocycles. The summed E-state index contributed by atoms with van der Waals surface area (Å²) in [6.07, 6.45) is 1.08. The van der Waals surface area contributed by atoms with Crippen LogP contribution in [-0.2, 0) is 11.2 Å². The first-order chi connectivity index (χ1) is 13.6. The summed E-state index contributed by atoms with van der Waals surface area (Å²) in [6, 6.07) is 9.22. The van der Waals surface area contributed by atoms with E-state index in [9.17, 15) is 9.59 Å². The Morgan fingerprint density at radius 1 is 1.25 bits per heavy atom. The quantitative estimate of drug-likeness (QED) is 0.698. The Morgan fingerprint density at radius 3 is 2.79 bits per heavy atom. The van der Waals surface area contributed by atoms with Crippen LogP contribution < -0.4 is 14.9 Å². The first-order valence-electron chi connectivity index (χ1n) is 8.68. The number of amidine groups is 1. The van der Waals surface area contributed by atoms with Gasteiger partial charge in [0.1, 0.15) is 0 Å². The van der Waals surface area contributed by atoms with Gasteiger partial charge in [0.05, 0.1) is 19.1 Å². The van der Waals surface area contributed by atoms with Crippen LogP contribution in [0.25, 0.3) is 0 Å². The number of hydrazone groups is 1. The van der Waals surface area contributed by atoms with E-state index in [1.54, 1.807) is 31.3 Å². The second-order valence-electron chi connectivity index (χ2n) is 5.90. The molecule has 9 heteroatoms. The molecule has 2 amide bonds. The Balaban J connectivity index is 1.68. The minimum absolute atomic E-state index is 0.00310. The molecule has 28 heavy (non-hydrogen) atoms. The van der Waals surface area contributed by atoms with E-state index >= 15 is 0 Å². The number of methoxy groups -OCH3 is 2. The highest BCUT2D eigenvalue weighted by molar-refractivity contribution is 8.13. The molecule has 0 spiro atoms. The van der Waals surface area contributed by atoms with Gasteiger partial charge in [-0.05, 0) is 35.6 Å². The molecule has 3 rings (SSSR count). The zero-order valence-corrected chi connectivity index (χ0v) is 17.3. The van der Waals surface area contributed by atoms with Crippen LogP contribution in [0, 0.1) is 0 Å². The van der Waals surface area contributed by atoms with Crippen molar-refractivity contribution in [2.24, 2.45) is 5.10 Å². The van der Waals surface area contributed by atoms with Crippen LogP contribution in [0.5, 0.6) is 11.5 Å². The summed E-state index contributed by atoms with van der Waals surface area (Å²) >= 11 is 2.80. The van der Waals surface area contributed by atoms with Crippen molar-refractivity contribution < 1.29 is 19.1 Å². The monoisotopic (exact) mass is 419 g/mol. The fourth-order valence-corrected chi connectivity index (χ4v) is 4.23. The molecule has 1 saturated heterocycles. The van der Waals surface area contributed by atoms with Crippen LogP contribution in [0.15, 0.2) is 40.8 Å². The third-order valence-electron chi connectivity index (χ3n) is 4.15. The molecule has 1 aromatic heterocycles. The number of carbonyl (C=O) groups excluding carboxylic acids is 2. The molecule has 7 nitrogen and oxygen atoms in total. The van der Waals surface area contributed by atoms with Gasteiger partial charge in [-0.2, -0.15) is 0 Å². The Kier molecular flexibility index (Phi) is 6.94. The van der Waals surface area contributed by atoms with Crippen LogP contribution in [0.1, 0.15) is 21.7 Å². The fourth-order valence-electron chi connectivity index (χ4n) is 2.70. The SMILES string of the molecule is COc1ccc(CCN2C(=O)CCSC2=NNC(=O)c2cccs2)cc1OC. The molecular formula is C19H21N3O4S2. The van der Waals surface area contributed by atoms with Crippen LogP contribution in [-0.4, -0.2) is 48.4 Å². The predicted octanol–water partition coefficient (Wildman–Crippen LogP) is 2.97. The summed E-state index contributed by atoms with van der Waals surface area (Å²) in [5.41, 5.74) is 3.56. The topological polar surface area (TPSA) is 80.2 Å². The maximum atomic E-state index is 12.4. The molecule has 2 aromatic rings. The van der Waals surface area contributed by atoms with E-state index in [-0.39, 0.29) is 11.8 Å². The van der Waals surface area contributed by atoms with Crippen molar-refractivity contribution in [2.45, 2.75) is 12.8 Å². The van der Waals surface area contributed by atoms with E-state index in [0.29, 0.717) is 46.7 Å². The summed E-state index contributed by atoms with van der Waals surface area (Å²) in [5.74, 6) is 1.69. The lowest BCUT2D eigenvalue weighted by atomic mass is 10.1. The second kappa shape index (κ2) is 9.61. The largest absolute Gasteiger partial charge is 0.493 e. The summed E-state index contributed by atoms with van der Waals surface area (Å²) in [5, 5.41) is 6.54. The fraction of sp³-hybridized carbons (Fsp3) is 0.316. The lowest BCUT2D eigenvalue weighted by molar-refractivity contribution is -0.127. The van der Waals surface area contributed by atoms with E-state index in [0.717, 1.165) is 5.56 Å². The molecule has 1 fully saturated rings. The summed E-state index contributed by atoms with van der Waals surface area (Å²) in [4.78, 5) is 26.7. The predicted molar refractivity (Wildman–Crippen MR) is 111 cm³/mol. The number of amides is 2.